The van der Waals surface area contributed by atoms with Crippen molar-refractivity contribution in [3.63, 3.8) is 0 Å². The molecule has 2 unspecified atom stereocenters. The molecule has 0 aromatic heterocycles. The Kier molecular flexibility index (Phi) is 5.26. The van der Waals surface area contributed by atoms with E-state index < -0.39 is 0 Å². The third kappa shape index (κ3) is 4.36. The summed E-state index contributed by atoms with van der Waals surface area (Å²) < 4.78 is 0. The second kappa shape index (κ2) is 5.13. The summed E-state index contributed by atoms with van der Waals surface area (Å²) in [5, 5.41) is 0.581. The van der Waals surface area contributed by atoms with Crippen molar-refractivity contribution >= 4 is 11.8 Å². The summed E-state index contributed by atoms with van der Waals surface area (Å²) >= 11 is 2.01. The highest BCUT2D eigenvalue weighted by Gasteiger charge is 2.27. The van der Waals surface area contributed by atoms with Gasteiger partial charge in [0.1, 0.15) is 0 Å². The van der Waals surface area contributed by atoms with Crippen LogP contribution in [0.4, 0.5) is 0 Å². The summed E-state index contributed by atoms with van der Waals surface area (Å²) in [6, 6.07) is 0.293. The van der Waals surface area contributed by atoms with Gasteiger partial charge in [-0.2, -0.15) is 11.8 Å². The van der Waals surface area contributed by atoms with Crippen molar-refractivity contribution in [1.82, 2.24) is 0 Å². The lowest BCUT2D eigenvalue weighted by atomic mass is 9.88. The summed E-state index contributed by atoms with van der Waals surface area (Å²) in [7, 11) is 0. The first-order valence-electron chi connectivity index (χ1n) is 4.76. The average Bonchev–Trinajstić information content (AvgIpc) is 1.84. The van der Waals surface area contributed by atoms with Gasteiger partial charge < -0.3 is 5.73 Å². The van der Waals surface area contributed by atoms with Crippen LogP contribution >= 0.6 is 11.8 Å². The molecule has 0 aliphatic rings. The van der Waals surface area contributed by atoms with Crippen LogP contribution in [0, 0.1) is 5.41 Å². The highest BCUT2D eigenvalue weighted by atomic mass is 32.2. The van der Waals surface area contributed by atoms with Crippen LogP contribution in [0.5, 0.6) is 0 Å². The van der Waals surface area contributed by atoms with Gasteiger partial charge in [-0.25, -0.2) is 0 Å². The van der Waals surface area contributed by atoms with E-state index in [-0.39, 0.29) is 0 Å². The molecule has 0 aromatic rings. The van der Waals surface area contributed by atoms with Crippen molar-refractivity contribution in [2.24, 2.45) is 11.1 Å². The molecule has 0 aliphatic carbocycles. The standard InChI is InChI=1S/C10H23NS/c1-6-7-12-9(8(2)11)10(3,4)5/h8-9H,6-7,11H2,1-5H3. The number of hydrogen-bond acceptors (Lipinski definition) is 2. The van der Waals surface area contributed by atoms with Crippen molar-refractivity contribution in [1.29, 1.82) is 0 Å². The summed E-state index contributed by atoms with van der Waals surface area (Å²) in [4.78, 5) is 0. The Hall–Kier alpha value is 0.310. The Morgan fingerprint density at radius 2 is 1.83 bits per heavy atom. The lowest BCUT2D eigenvalue weighted by molar-refractivity contribution is 0.363. The topological polar surface area (TPSA) is 26.0 Å². The van der Waals surface area contributed by atoms with Gasteiger partial charge in [0.25, 0.3) is 0 Å². The molecule has 0 aromatic carbocycles. The molecule has 12 heavy (non-hydrogen) atoms. The maximum absolute atomic E-state index is 5.94. The van der Waals surface area contributed by atoms with Crippen molar-refractivity contribution in [3.8, 4) is 0 Å². The average molecular weight is 189 g/mol. The van der Waals surface area contributed by atoms with Crippen molar-refractivity contribution in [2.45, 2.75) is 52.3 Å². The van der Waals surface area contributed by atoms with Crippen LogP contribution in [-0.4, -0.2) is 17.0 Å². The molecule has 0 amide bonds. The molecule has 1 nitrogen and oxygen atoms in total. The van der Waals surface area contributed by atoms with E-state index in [2.05, 4.69) is 34.6 Å². The van der Waals surface area contributed by atoms with Crippen LogP contribution in [0.3, 0.4) is 0 Å². The van der Waals surface area contributed by atoms with E-state index >= 15 is 0 Å². The van der Waals surface area contributed by atoms with Crippen LogP contribution < -0.4 is 5.73 Å². The summed E-state index contributed by atoms with van der Waals surface area (Å²) in [5.74, 6) is 1.23. The minimum atomic E-state index is 0.293. The van der Waals surface area contributed by atoms with E-state index in [1.807, 2.05) is 11.8 Å². The molecule has 74 valence electrons. The van der Waals surface area contributed by atoms with Crippen LogP contribution in [0.1, 0.15) is 41.0 Å². The molecular formula is C10H23NS. The number of rotatable bonds is 4. The smallest absolute Gasteiger partial charge is 0.0244 e. The van der Waals surface area contributed by atoms with Crippen LogP contribution in [0.25, 0.3) is 0 Å². The van der Waals surface area contributed by atoms with E-state index in [1.165, 1.54) is 12.2 Å². The predicted octanol–water partition coefficient (Wildman–Crippen LogP) is 2.89. The zero-order valence-electron chi connectivity index (χ0n) is 9.05. The summed E-state index contributed by atoms with van der Waals surface area (Å²) in [6.45, 7) is 11.1. The van der Waals surface area contributed by atoms with Gasteiger partial charge in [0, 0.05) is 11.3 Å². The first kappa shape index (κ1) is 12.3. The van der Waals surface area contributed by atoms with E-state index in [1.54, 1.807) is 0 Å². The molecule has 2 atom stereocenters. The molecule has 0 saturated carbocycles. The first-order chi connectivity index (χ1) is 5.39. The van der Waals surface area contributed by atoms with Crippen molar-refractivity contribution in [2.75, 3.05) is 5.75 Å². The summed E-state index contributed by atoms with van der Waals surface area (Å²) in [5.41, 5.74) is 6.27. The zero-order valence-corrected chi connectivity index (χ0v) is 9.87. The molecular weight excluding hydrogens is 166 g/mol. The third-order valence-corrected chi connectivity index (χ3v) is 3.97. The molecule has 2 heteroatoms. The quantitative estimate of drug-likeness (QED) is 0.736. The maximum atomic E-state index is 5.94. The third-order valence-electron chi connectivity index (χ3n) is 1.83. The second-order valence-corrected chi connectivity index (χ2v) is 5.77. The fourth-order valence-electron chi connectivity index (χ4n) is 1.44. The SMILES string of the molecule is CCCSC(C(C)N)C(C)(C)C. The minimum absolute atomic E-state index is 0.293. The second-order valence-electron chi connectivity index (χ2n) is 4.52. The fourth-order valence-corrected chi connectivity index (χ4v) is 2.73. The van der Waals surface area contributed by atoms with Gasteiger partial charge in [0.15, 0.2) is 0 Å². The van der Waals surface area contributed by atoms with Gasteiger partial charge >= 0.3 is 0 Å². The van der Waals surface area contributed by atoms with Gasteiger partial charge in [-0.05, 0) is 24.5 Å². The lowest BCUT2D eigenvalue weighted by Gasteiger charge is -2.33. The highest BCUT2D eigenvalue weighted by Crippen LogP contribution is 2.32. The zero-order chi connectivity index (χ0) is 9.78. The number of thioether (sulfide) groups is 1. The lowest BCUT2D eigenvalue weighted by Crippen LogP contribution is -2.39. The van der Waals surface area contributed by atoms with Gasteiger partial charge in [0.2, 0.25) is 0 Å². The molecule has 2 N–H and O–H groups in total. The Labute approximate surface area is 81.5 Å². The van der Waals surface area contributed by atoms with Gasteiger partial charge in [-0.3, -0.25) is 0 Å². The predicted molar refractivity (Wildman–Crippen MR) is 59.6 cm³/mol. The molecule has 0 fully saturated rings. The van der Waals surface area contributed by atoms with Crippen molar-refractivity contribution in [3.05, 3.63) is 0 Å². The van der Waals surface area contributed by atoms with E-state index in [4.69, 9.17) is 5.73 Å². The van der Waals surface area contributed by atoms with Gasteiger partial charge in [-0.15, -0.1) is 0 Å². The molecule has 0 bridgehead atoms. The first-order valence-corrected chi connectivity index (χ1v) is 5.81. The normalized spacial score (nSPS) is 17.5. The highest BCUT2D eigenvalue weighted by molar-refractivity contribution is 8.00. The number of nitrogens with two attached hydrogens (primary N) is 1. The Balaban J connectivity index is 4.05. The minimum Gasteiger partial charge on any atom is -0.327 e. The van der Waals surface area contributed by atoms with Crippen molar-refractivity contribution < 1.29 is 0 Å². The van der Waals surface area contributed by atoms with Crippen LogP contribution in [-0.2, 0) is 0 Å². The van der Waals surface area contributed by atoms with Crippen LogP contribution in [0.2, 0.25) is 0 Å². The van der Waals surface area contributed by atoms with Gasteiger partial charge in [-0.1, -0.05) is 27.7 Å². The maximum Gasteiger partial charge on any atom is 0.0244 e. The van der Waals surface area contributed by atoms with E-state index in [0.717, 1.165) is 0 Å². The summed E-state index contributed by atoms with van der Waals surface area (Å²) in [6.07, 6.45) is 1.24. The van der Waals surface area contributed by atoms with E-state index in [0.29, 0.717) is 16.7 Å². The molecule has 0 rings (SSSR count). The Morgan fingerprint density at radius 1 is 1.33 bits per heavy atom. The Morgan fingerprint density at radius 3 is 2.08 bits per heavy atom. The van der Waals surface area contributed by atoms with Gasteiger partial charge in [0.05, 0.1) is 0 Å². The largest absolute Gasteiger partial charge is 0.327 e. The molecule has 0 spiro atoms. The monoisotopic (exact) mass is 189 g/mol. The molecule has 0 aliphatic heterocycles. The fraction of sp³-hybridized carbons (Fsp3) is 1.00. The number of hydrogen-bond donors (Lipinski definition) is 1. The van der Waals surface area contributed by atoms with E-state index in [9.17, 15) is 0 Å². The Bertz CT molecular complexity index is 115. The molecule has 0 heterocycles. The molecule has 0 saturated heterocycles. The molecule has 0 radical (unpaired) electrons. The van der Waals surface area contributed by atoms with Crippen LogP contribution in [0.15, 0.2) is 0 Å².